The number of anilines is 2. The third-order valence-corrected chi connectivity index (χ3v) is 5.81. The number of nitrogens with zero attached hydrogens (tertiary/aromatic N) is 3. The topological polar surface area (TPSA) is 77.6 Å². The fourth-order valence-corrected chi connectivity index (χ4v) is 3.96. The highest BCUT2D eigenvalue weighted by atomic mass is 16.2. The van der Waals surface area contributed by atoms with Crippen LogP contribution in [0.25, 0.3) is 0 Å². The van der Waals surface area contributed by atoms with E-state index in [1.165, 1.54) is 0 Å². The van der Waals surface area contributed by atoms with Crippen molar-refractivity contribution in [1.82, 2.24) is 15.2 Å². The Kier molecular flexibility index (Phi) is 7.32. The van der Waals surface area contributed by atoms with Crippen molar-refractivity contribution in [3.63, 3.8) is 0 Å². The van der Waals surface area contributed by atoms with Crippen molar-refractivity contribution >= 4 is 23.3 Å². The summed E-state index contributed by atoms with van der Waals surface area (Å²) in [6.45, 7) is 5.42. The molecule has 2 N–H and O–H groups in total. The maximum atomic E-state index is 12.9. The SMILES string of the molecule is C[C@@H](NC(=O)c1ccccc1NC(=O)CN1CCN(c2ccccn2)CC1)c1ccccc1. The Bertz CT molecular complexity index is 1070. The summed E-state index contributed by atoms with van der Waals surface area (Å²) in [5, 5.41) is 5.94. The molecule has 0 aliphatic carbocycles. The fraction of sp³-hybridized carbons (Fsp3) is 0.269. The van der Waals surface area contributed by atoms with Crippen LogP contribution in [-0.2, 0) is 4.79 Å². The zero-order valence-electron chi connectivity index (χ0n) is 18.8. The van der Waals surface area contributed by atoms with Crippen LogP contribution in [0.15, 0.2) is 79.0 Å². The predicted octanol–water partition coefficient (Wildman–Crippen LogP) is 3.33. The number of rotatable bonds is 7. The second kappa shape index (κ2) is 10.7. The lowest BCUT2D eigenvalue weighted by molar-refractivity contribution is -0.117. The number of nitrogens with one attached hydrogen (secondary N) is 2. The summed E-state index contributed by atoms with van der Waals surface area (Å²) in [7, 11) is 0. The third kappa shape index (κ3) is 5.96. The second-order valence-electron chi connectivity index (χ2n) is 8.15. The molecule has 7 heteroatoms. The van der Waals surface area contributed by atoms with E-state index in [2.05, 4.69) is 25.4 Å². The Morgan fingerprint density at radius 1 is 0.909 bits per heavy atom. The van der Waals surface area contributed by atoms with Crippen molar-refractivity contribution in [2.45, 2.75) is 13.0 Å². The molecule has 1 saturated heterocycles. The minimum atomic E-state index is -0.216. The van der Waals surface area contributed by atoms with E-state index in [9.17, 15) is 9.59 Å². The number of benzene rings is 2. The smallest absolute Gasteiger partial charge is 0.253 e. The largest absolute Gasteiger partial charge is 0.354 e. The van der Waals surface area contributed by atoms with E-state index in [4.69, 9.17) is 0 Å². The average molecular weight is 444 g/mol. The summed E-state index contributed by atoms with van der Waals surface area (Å²) in [6.07, 6.45) is 1.79. The Balaban J connectivity index is 1.32. The van der Waals surface area contributed by atoms with E-state index >= 15 is 0 Å². The molecule has 2 heterocycles. The first-order chi connectivity index (χ1) is 16.1. The highest BCUT2D eigenvalue weighted by Crippen LogP contribution is 2.18. The van der Waals surface area contributed by atoms with Gasteiger partial charge in [-0.05, 0) is 36.8 Å². The molecule has 1 aromatic heterocycles. The number of hydrogen-bond acceptors (Lipinski definition) is 5. The standard InChI is InChI=1S/C26H29N5O2/c1-20(21-9-3-2-4-10-21)28-26(33)22-11-5-6-12-23(22)29-25(32)19-30-15-17-31(18-16-30)24-13-7-8-14-27-24/h2-14,20H,15-19H2,1H3,(H,28,33)(H,29,32)/t20-/m1/s1. The molecule has 3 aromatic rings. The monoisotopic (exact) mass is 443 g/mol. The first-order valence-electron chi connectivity index (χ1n) is 11.2. The van der Waals surface area contributed by atoms with Crippen molar-refractivity contribution in [3.05, 3.63) is 90.1 Å². The Morgan fingerprint density at radius 2 is 1.61 bits per heavy atom. The molecule has 2 aromatic carbocycles. The minimum Gasteiger partial charge on any atom is -0.354 e. The molecule has 2 amide bonds. The molecular weight excluding hydrogens is 414 g/mol. The van der Waals surface area contributed by atoms with Gasteiger partial charge in [0.2, 0.25) is 5.91 Å². The molecule has 0 unspecified atom stereocenters. The van der Waals surface area contributed by atoms with Crippen LogP contribution in [0.2, 0.25) is 0 Å². The Labute approximate surface area is 194 Å². The first-order valence-corrected chi connectivity index (χ1v) is 11.2. The number of carbonyl (C=O) groups is 2. The van der Waals surface area contributed by atoms with Gasteiger partial charge in [-0.2, -0.15) is 0 Å². The molecular formula is C26H29N5O2. The van der Waals surface area contributed by atoms with Gasteiger partial charge in [0, 0.05) is 32.4 Å². The van der Waals surface area contributed by atoms with E-state index in [-0.39, 0.29) is 24.4 Å². The molecule has 0 saturated carbocycles. The molecule has 1 aliphatic heterocycles. The molecule has 0 radical (unpaired) electrons. The van der Waals surface area contributed by atoms with E-state index < -0.39 is 0 Å². The highest BCUT2D eigenvalue weighted by Gasteiger charge is 2.21. The Morgan fingerprint density at radius 3 is 2.33 bits per heavy atom. The molecule has 170 valence electrons. The predicted molar refractivity (Wildman–Crippen MR) is 130 cm³/mol. The minimum absolute atomic E-state index is 0.127. The average Bonchev–Trinajstić information content (AvgIpc) is 2.86. The lowest BCUT2D eigenvalue weighted by Crippen LogP contribution is -2.49. The number of amides is 2. The van der Waals surface area contributed by atoms with Crippen LogP contribution in [0.1, 0.15) is 28.9 Å². The summed E-state index contributed by atoms with van der Waals surface area (Å²) in [6, 6.07) is 22.7. The molecule has 1 aliphatic rings. The zero-order chi connectivity index (χ0) is 23.0. The van der Waals surface area contributed by atoms with Gasteiger partial charge in [-0.3, -0.25) is 14.5 Å². The molecule has 33 heavy (non-hydrogen) atoms. The van der Waals surface area contributed by atoms with Gasteiger partial charge in [0.05, 0.1) is 23.8 Å². The highest BCUT2D eigenvalue weighted by molar-refractivity contribution is 6.04. The zero-order valence-corrected chi connectivity index (χ0v) is 18.8. The van der Waals surface area contributed by atoms with Crippen LogP contribution in [0, 0.1) is 0 Å². The number of para-hydroxylation sites is 1. The summed E-state index contributed by atoms with van der Waals surface area (Å²) < 4.78 is 0. The summed E-state index contributed by atoms with van der Waals surface area (Å²) in [5.41, 5.74) is 2.00. The molecule has 1 fully saturated rings. The van der Waals surface area contributed by atoms with Gasteiger partial charge in [0.25, 0.3) is 5.91 Å². The van der Waals surface area contributed by atoms with E-state index in [0.29, 0.717) is 11.3 Å². The number of carbonyl (C=O) groups excluding carboxylic acids is 2. The summed E-state index contributed by atoms with van der Waals surface area (Å²) in [5.74, 6) is 0.621. The van der Waals surface area contributed by atoms with Crippen LogP contribution in [0.3, 0.4) is 0 Å². The van der Waals surface area contributed by atoms with Gasteiger partial charge in [0.1, 0.15) is 5.82 Å². The van der Waals surface area contributed by atoms with Gasteiger partial charge in [-0.1, -0.05) is 48.5 Å². The number of hydrogen-bond donors (Lipinski definition) is 2. The molecule has 0 bridgehead atoms. The quantitative estimate of drug-likeness (QED) is 0.586. The second-order valence-corrected chi connectivity index (χ2v) is 8.15. The van der Waals surface area contributed by atoms with Gasteiger partial charge in [-0.25, -0.2) is 4.98 Å². The van der Waals surface area contributed by atoms with Crippen LogP contribution in [0.5, 0.6) is 0 Å². The lowest BCUT2D eigenvalue weighted by Gasteiger charge is -2.35. The van der Waals surface area contributed by atoms with Gasteiger partial charge in [-0.15, -0.1) is 0 Å². The van der Waals surface area contributed by atoms with E-state index in [0.717, 1.165) is 37.6 Å². The first kappa shape index (κ1) is 22.5. The summed E-state index contributed by atoms with van der Waals surface area (Å²) in [4.78, 5) is 34.4. The van der Waals surface area contributed by atoms with Crippen molar-refractivity contribution in [2.75, 3.05) is 42.9 Å². The van der Waals surface area contributed by atoms with E-state index in [1.807, 2.05) is 61.5 Å². The van der Waals surface area contributed by atoms with Crippen molar-refractivity contribution in [3.8, 4) is 0 Å². The lowest BCUT2D eigenvalue weighted by atomic mass is 10.1. The maximum absolute atomic E-state index is 12.9. The van der Waals surface area contributed by atoms with Crippen molar-refractivity contribution in [1.29, 1.82) is 0 Å². The van der Waals surface area contributed by atoms with Crippen LogP contribution in [-0.4, -0.2) is 54.4 Å². The number of piperazine rings is 1. The number of aromatic nitrogens is 1. The van der Waals surface area contributed by atoms with Crippen molar-refractivity contribution in [2.24, 2.45) is 0 Å². The maximum Gasteiger partial charge on any atom is 0.253 e. The molecule has 0 spiro atoms. The normalized spacial score (nSPS) is 15.0. The third-order valence-electron chi connectivity index (χ3n) is 5.81. The van der Waals surface area contributed by atoms with Crippen molar-refractivity contribution < 1.29 is 9.59 Å². The Hall–Kier alpha value is -3.71. The molecule has 1 atom stereocenters. The van der Waals surface area contributed by atoms with Gasteiger partial charge in [0.15, 0.2) is 0 Å². The van der Waals surface area contributed by atoms with Crippen LogP contribution >= 0.6 is 0 Å². The van der Waals surface area contributed by atoms with Crippen LogP contribution < -0.4 is 15.5 Å². The fourth-order valence-electron chi connectivity index (χ4n) is 3.96. The molecule has 7 nitrogen and oxygen atoms in total. The number of pyridine rings is 1. The molecule has 4 rings (SSSR count). The van der Waals surface area contributed by atoms with Gasteiger partial charge >= 0.3 is 0 Å². The van der Waals surface area contributed by atoms with Gasteiger partial charge < -0.3 is 15.5 Å². The van der Waals surface area contributed by atoms with Crippen LogP contribution in [0.4, 0.5) is 11.5 Å². The van der Waals surface area contributed by atoms with E-state index in [1.54, 1.807) is 24.4 Å². The summed E-state index contributed by atoms with van der Waals surface area (Å²) >= 11 is 0.